The Balaban J connectivity index is 3.04. The Labute approximate surface area is 66.4 Å². The summed E-state index contributed by atoms with van der Waals surface area (Å²) in [6.45, 7) is 1.98. The van der Waals surface area contributed by atoms with Gasteiger partial charge in [-0.3, -0.25) is 0 Å². The summed E-state index contributed by atoms with van der Waals surface area (Å²) in [5.41, 5.74) is 2.10. The number of hydrogen-bond donors (Lipinski definition) is 0. The van der Waals surface area contributed by atoms with Crippen molar-refractivity contribution >= 4 is 6.21 Å². The Hall–Kier alpha value is -1.31. The van der Waals surface area contributed by atoms with Crippen LogP contribution in [0, 0.1) is 12.1 Å². The molecule has 1 aromatic rings. The number of benzene rings is 1. The second-order valence-corrected chi connectivity index (χ2v) is 2.53. The predicted molar refractivity (Wildman–Crippen MR) is 45.9 cm³/mol. The molecule has 0 aliphatic carbocycles. The van der Waals surface area contributed by atoms with Crippen LogP contribution in [0.1, 0.15) is 11.1 Å². The van der Waals surface area contributed by atoms with Crippen LogP contribution in [0.3, 0.4) is 0 Å². The fourth-order valence-electron chi connectivity index (χ4n) is 0.928. The van der Waals surface area contributed by atoms with Gasteiger partial charge >= 0.3 is 0 Å². The van der Waals surface area contributed by atoms with Gasteiger partial charge in [0.15, 0.2) is 6.21 Å². The van der Waals surface area contributed by atoms with E-state index in [4.69, 9.17) is 0 Å². The van der Waals surface area contributed by atoms with E-state index in [0.29, 0.717) is 0 Å². The first-order valence-corrected chi connectivity index (χ1v) is 3.50. The van der Waals surface area contributed by atoms with E-state index in [2.05, 4.69) is 0 Å². The van der Waals surface area contributed by atoms with Crippen LogP contribution in [0.25, 0.3) is 0 Å². The maximum Gasteiger partial charge on any atom is 0.181 e. The molecule has 0 saturated heterocycles. The first kappa shape index (κ1) is 7.79. The second kappa shape index (κ2) is 3.19. The number of hydrogen-bond acceptors (Lipinski definition) is 1. The van der Waals surface area contributed by atoms with Gasteiger partial charge in [-0.1, -0.05) is 18.2 Å². The second-order valence-electron chi connectivity index (χ2n) is 2.53. The van der Waals surface area contributed by atoms with Gasteiger partial charge in [0.2, 0.25) is 0 Å². The third-order valence-corrected chi connectivity index (χ3v) is 1.51. The molecular weight excluding hydrogens is 138 g/mol. The van der Waals surface area contributed by atoms with Crippen molar-refractivity contribution in [2.24, 2.45) is 0 Å². The molecule has 2 nitrogen and oxygen atoms in total. The van der Waals surface area contributed by atoms with Gasteiger partial charge in [-0.2, -0.15) is 0 Å². The lowest BCUT2D eigenvalue weighted by atomic mass is 10.1. The Kier molecular flexibility index (Phi) is 2.26. The average molecular weight is 149 g/mol. The standard InChI is InChI=1S/C9H11NO/c1-8-5-3-4-6-9(8)7-10(2)11/h3-7H,1-2H3. The van der Waals surface area contributed by atoms with Gasteiger partial charge < -0.3 is 5.21 Å². The summed E-state index contributed by atoms with van der Waals surface area (Å²) in [6, 6.07) is 7.78. The van der Waals surface area contributed by atoms with Crippen molar-refractivity contribution in [1.82, 2.24) is 0 Å². The summed E-state index contributed by atoms with van der Waals surface area (Å²) in [5, 5.41) is 10.6. The molecular formula is C9H11NO. The van der Waals surface area contributed by atoms with E-state index in [0.717, 1.165) is 15.9 Å². The fourth-order valence-corrected chi connectivity index (χ4v) is 0.928. The quantitative estimate of drug-likeness (QED) is 0.257. The number of hydroxylamine groups is 1. The molecule has 0 heterocycles. The Morgan fingerprint density at radius 2 is 2.00 bits per heavy atom. The first-order chi connectivity index (χ1) is 5.20. The summed E-state index contributed by atoms with van der Waals surface area (Å²) >= 11 is 0. The highest BCUT2D eigenvalue weighted by Gasteiger charge is 1.94. The highest BCUT2D eigenvalue weighted by molar-refractivity contribution is 5.77. The van der Waals surface area contributed by atoms with E-state index in [-0.39, 0.29) is 0 Å². The zero-order valence-electron chi connectivity index (χ0n) is 6.74. The van der Waals surface area contributed by atoms with Crippen LogP contribution in [0.2, 0.25) is 0 Å². The maximum absolute atomic E-state index is 10.6. The third kappa shape index (κ3) is 2.08. The minimum atomic E-state index is 0.808. The minimum absolute atomic E-state index is 0.808. The zero-order valence-corrected chi connectivity index (χ0v) is 6.74. The Morgan fingerprint density at radius 1 is 1.36 bits per heavy atom. The summed E-state index contributed by atoms with van der Waals surface area (Å²) in [6.07, 6.45) is 1.56. The van der Waals surface area contributed by atoms with Crippen LogP contribution in [-0.4, -0.2) is 18.0 Å². The van der Waals surface area contributed by atoms with Crippen molar-refractivity contribution in [1.29, 1.82) is 0 Å². The molecule has 0 aliphatic heterocycles. The molecule has 0 aromatic heterocycles. The van der Waals surface area contributed by atoms with Gasteiger partial charge in [0.25, 0.3) is 0 Å². The molecule has 0 atom stereocenters. The van der Waals surface area contributed by atoms with Crippen LogP contribution >= 0.6 is 0 Å². The van der Waals surface area contributed by atoms with Crippen molar-refractivity contribution in [2.45, 2.75) is 6.92 Å². The molecule has 0 amide bonds. The van der Waals surface area contributed by atoms with Crippen molar-refractivity contribution in [3.63, 3.8) is 0 Å². The average Bonchev–Trinajstić information content (AvgIpc) is 1.93. The molecule has 0 unspecified atom stereocenters. The molecule has 2 heteroatoms. The predicted octanol–water partition coefficient (Wildman–Crippen LogP) is 1.55. The van der Waals surface area contributed by atoms with Crippen LogP contribution in [0.4, 0.5) is 0 Å². The van der Waals surface area contributed by atoms with Crippen LogP contribution in [0.15, 0.2) is 24.3 Å². The van der Waals surface area contributed by atoms with E-state index >= 15 is 0 Å². The summed E-state index contributed by atoms with van der Waals surface area (Å²) < 4.78 is 0.808. The van der Waals surface area contributed by atoms with Gasteiger partial charge in [-0.25, -0.2) is 4.74 Å². The molecule has 1 aromatic carbocycles. The van der Waals surface area contributed by atoms with Crippen LogP contribution in [-0.2, 0) is 0 Å². The molecule has 1 rings (SSSR count). The van der Waals surface area contributed by atoms with Crippen molar-refractivity contribution in [3.8, 4) is 0 Å². The molecule has 0 fully saturated rings. The van der Waals surface area contributed by atoms with Gasteiger partial charge in [-0.15, -0.1) is 0 Å². The number of rotatable bonds is 1. The van der Waals surface area contributed by atoms with Crippen LogP contribution < -0.4 is 0 Å². The van der Waals surface area contributed by atoms with Crippen LogP contribution in [0.5, 0.6) is 0 Å². The lowest BCUT2D eigenvalue weighted by Crippen LogP contribution is -1.98. The third-order valence-electron chi connectivity index (χ3n) is 1.51. The van der Waals surface area contributed by atoms with Gasteiger partial charge in [0.1, 0.15) is 7.05 Å². The SMILES string of the molecule is Cc1ccccc1C=[N+](C)[O-]. The van der Waals surface area contributed by atoms with E-state index in [1.807, 2.05) is 31.2 Å². The fraction of sp³-hybridized carbons (Fsp3) is 0.222. The summed E-state index contributed by atoms with van der Waals surface area (Å²) in [7, 11) is 1.48. The molecule has 0 aliphatic rings. The molecule has 0 saturated carbocycles. The Bertz CT molecular complexity index is 275. The topological polar surface area (TPSA) is 26.1 Å². The highest BCUT2D eigenvalue weighted by atomic mass is 16.5. The van der Waals surface area contributed by atoms with Crippen molar-refractivity contribution < 1.29 is 4.74 Å². The van der Waals surface area contributed by atoms with E-state index in [1.54, 1.807) is 6.21 Å². The number of aryl methyl sites for hydroxylation is 1. The van der Waals surface area contributed by atoms with Crippen molar-refractivity contribution in [3.05, 3.63) is 40.6 Å². The number of nitrogens with zero attached hydrogens (tertiary/aromatic N) is 1. The van der Waals surface area contributed by atoms with E-state index < -0.39 is 0 Å². The molecule has 0 radical (unpaired) electrons. The highest BCUT2D eigenvalue weighted by Crippen LogP contribution is 2.02. The Morgan fingerprint density at radius 3 is 2.55 bits per heavy atom. The van der Waals surface area contributed by atoms with Crippen molar-refractivity contribution in [2.75, 3.05) is 7.05 Å². The normalized spacial score (nSPS) is 11.6. The molecule has 0 N–H and O–H groups in total. The van der Waals surface area contributed by atoms with Gasteiger partial charge in [0.05, 0.1) is 0 Å². The van der Waals surface area contributed by atoms with Gasteiger partial charge in [0, 0.05) is 5.56 Å². The molecule has 11 heavy (non-hydrogen) atoms. The summed E-state index contributed by atoms with van der Waals surface area (Å²) in [4.78, 5) is 0. The minimum Gasteiger partial charge on any atom is -0.624 e. The lowest BCUT2D eigenvalue weighted by Gasteiger charge is -1.98. The maximum atomic E-state index is 10.6. The molecule has 58 valence electrons. The largest absolute Gasteiger partial charge is 0.624 e. The monoisotopic (exact) mass is 149 g/mol. The van der Waals surface area contributed by atoms with E-state index in [9.17, 15) is 5.21 Å². The smallest absolute Gasteiger partial charge is 0.181 e. The molecule has 0 bridgehead atoms. The zero-order chi connectivity index (χ0) is 8.27. The van der Waals surface area contributed by atoms with Gasteiger partial charge in [-0.05, 0) is 18.6 Å². The first-order valence-electron chi connectivity index (χ1n) is 3.50. The lowest BCUT2D eigenvalue weighted by molar-refractivity contribution is -0.416. The van der Waals surface area contributed by atoms with E-state index in [1.165, 1.54) is 7.05 Å². The summed E-state index contributed by atoms with van der Waals surface area (Å²) in [5.74, 6) is 0. The molecule has 0 spiro atoms.